The molecule has 0 aliphatic rings. The molecule has 20 heavy (non-hydrogen) atoms. The van der Waals surface area contributed by atoms with E-state index >= 15 is 0 Å². The van der Waals surface area contributed by atoms with Gasteiger partial charge in [-0.25, -0.2) is 4.79 Å². The van der Waals surface area contributed by atoms with E-state index in [4.69, 9.17) is 9.84 Å². The molecule has 0 aromatic heterocycles. The van der Waals surface area contributed by atoms with Gasteiger partial charge >= 0.3 is 5.97 Å². The zero-order valence-electron chi connectivity index (χ0n) is 11.9. The minimum Gasteiger partial charge on any atom is -0.497 e. The number of carbonyl (C=O) groups is 2. The summed E-state index contributed by atoms with van der Waals surface area (Å²) < 4.78 is 4.98. The first kappa shape index (κ1) is 16.0. The minimum atomic E-state index is -1.11. The Labute approximate surface area is 118 Å². The SMILES string of the molecule is CCNCC(C)C(=O)Nc1ccc(OC)cc1C(=O)O. The third-order valence-electron chi connectivity index (χ3n) is 2.86. The Morgan fingerprint density at radius 1 is 1.40 bits per heavy atom. The van der Waals surface area contributed by atoms with E-state index in [-0.39, 0.29) is 23.1 Å². The third kappa shape index (κ3) is 4.24. The molecule has 0 saturated carbocycles. The first-order valence-electron chi connectivity index (χ1n) is 6.42. The van der Waals surface area contributed by atoms with Crippen molar-refractivity contribution in [2.45, 2.75) is 13.8 Å². The van der Waals surface area contributed by atoms with Gasteiger partial charge in [0.05, 0.1) is 18.4 Å². The molecule has 0 aliphatic heterocycles. The van der Waals surface area contributed by atoms with E-state index in [0.717, 1.165) is 6.54 Å². The summed E-state index contributed by atoms with van der Waals surface area (Å²) in [6.45, 7) is 5.06. The molecule has 6 heteroatoms. The van der Waals surface area contributed by atoms with Crippen LogP contribution in [0.3, 0.4) is 0 Å². The van der Waals surface area contributed by atoms with Crippen molar-refractivity contribution in [2.24, 2.45) is 5.92 Å². The van der Waals surface area contributed by atoms with Gasteiger partial charge in [-0.2, -0.15) is 0 Å². The Balaban J connectivity index is 2.86. The van der Waals surface area contributed by atoms with E-state index < -0.39 is 5.97 Å². The van der Waals surface area contributed by atoms with Gasteiger partial charge in [0.25, 0.3) is 0 Å². The van der Waals surface area contributed by atoms with Gasteiger partial charge in [-0.3, -0.25) is 4.79 Å². The van der Waals surface area contributed by atoms with Crippen molar-refractivity contribution >= 4 is 17.6 Å². The Morgan fingerprint density at radius 2 is 2.10 bits per heavy atom. The summed E-state index contributed by atoms with van der Waals surface area (Å²) in [6, 6.07) is 4.52. The summed E-state index contributed by atoms with van der Waals surface area (Å²) in [4.78, 5) is 23.2. The molecule has 1 aromatic rings. The summed E-state index contributed by atoms with van der Waals surface area (Å²) in [7, 11) is 1.46. The average Bonchev–Trinajstić information content (AvgIpc) is 2.44. The number of nitrogens with one attached hydrogen (secondary N) is 2. The van der Waals surface area contributed by atoms with Crippen LogP contribution in [0.25, 0.3) is 0 Å². The predicted octanol–water partition coefficient (Wildman–Crippen LogP) is 1.58. The number of benzene rings is 1. The molecule has 0 fully saturated rings. The molecule has 6 nitrogen and oxygen atoms in total. The number of carbonyl (C=O) groups excluding carboxylic acids is 1. The van der Waals surface area contributed by atoms with E-state index in [1.165, 1.54) is 19.2 Å². The molecule has 0 bridgehead atoms. The van der Waals surface area contributed by atoms with E-state index in [9.17, 15) is 9.59 Å². The van der Waals surface area contributed by atoms with Gasteiger partial charge in [0.2, 0.25) is 5.91 Å². The second kappa shape index (κ2) is 7.49. The van der Waals surface area contributed by atoms with Gasteiger partial charge in [0, 0.05) is 12.5 Å². The van der Waals surface area contributed by atoms with Gasteiger partial charge in [0.1, 0.15) is 5.75 Å². The summed E-state index contributed by atoms with van der Waals surface area (Å²) in [5.74, 6) is -1.16. The van der Waals surface area contributed by atoms with Crippen LogP contribution < -0.4 is 15.4 Å². The van der Waals surface area contributed by atoms with Crippen LogP contribution in [-0.4, -0.2) is 37.2 Å². The number of methoxy groups -OCH3 is 1. The number of anilines is 1. The number of hydrogen-bond donors (Lipinski definition) is 3. The first-order valence-corrected chi connectivity index (χ1v) is 6.42. The lowest BCUT2D eigenvalue weighted by Crippen LogP contribution is -2.30. The molecule has 0 saturated heterocycles. The van der Waals surface area contributed by atoms with Crippen molar-refractivity contribution in [1.29, 1.82) is 0 Å². The maximum atomic E-state index is 12.0. The van der Waals surface area contributed by atoms with Crippen molar-refractivity contribution in [3.63, 3.8) is 0 Å². The number of carboxylic acid groups (broad SMARTS) is 1. The maximum absolute atomic E-state index is 12.0. The van der Waals surface area contributed by atoms with Crippen LogP contribution in [0.4, 0.5) is 5.69 Å². The lowest BCUT2D eigenvalue weighted by molar-refractivity contribution is -0.119. The highest BCUT2D eigenvalue weighted by Crippen LogP contribution is 2.22. The highest BCUT2D eigenvalue weighted by Gasteiger charge is 2.17. The number of ether oxygens (including phenoxy) is 1. The molecule has 1 unspecified atom stereocenters. The molecule has 1 aromatic carbocycles. The molecule has 0 spiro atoms. The van der Waals surface area contributed by atoms with Crippen LogP contribution in [0, 0.1) is 5.92 Å². The van der Waals surface area contributed by atoms with Gasteiger partial charge < -0.3 is 20.5 Å². The quantitative estimate of drug-likeness (QED) is 0.705. The molecule has 0 radical (unpaired) electrons. The van der Waals surface area contributed by atoms with E-state index in [1.54, 1.807) is 13.0 Å². The van der Waals surface area contributed by atoms with Gasteiger partial charge in [-0.05, 0) is 24.7 Å². The number of hydrogen-bond acceptors (Lipinski definition) is 4. The maximum Gasteiger partial charge on any atom is 0.337 e. The zero-order chi connectivity index (χ0) is 15.1. The average molecular weight is 280 g/mol. The molecule has 110 valence electrons. The van der Waals surface area contributed by atoms with E-state index in [0.29, 0.717) is 12.3 Å². The Bertz CT molecular complexity index is 488. The van der Waals surface area contributed by atoms with Gasteiger partial charge in [-0.1, -0.05) is 13.8 Å². The fourth-order valence-electron chi connectivity index (χ4n) is 1.65. The van der Waals surface area contributed by atoms with Gasteiger partial charge in [-0.15, -0.1) is 0 Å². The summed E-state index contributed by atoms with van der Waals surface area (Å²) in [5, 5.41) is 14.9. The van der Waals surface area contributed by atoms with Crippen molar-refractivity contribution in [2.75, 3.05) is 25.5 Å². The van der Waals surface area contributed by atoms with Gasteiger partial charge in [0.15, 0.2) is 0 Å². The van der Waals surface area contributed by atoms with Crippen LogP contribution in [0.5, 0.6) is 5.75 Å². The van der Waals surface area contributed by atoms with Crippen LogP contribution >= 0.6 is 0 Å². The van der Waals surface area contributed by atoms with Crippen LogP contribution in [0.2, 0.25) is 0 Å². The predicted molar refractivity (Wildman–Crippen MR) is 76.3 cm³/mol. The highest BCUT2D eigenvalue weighted by atomic mass is 16.5. The number of carboxylic acids is 1. The molecule has 1 rings (SSSR count). The molecular weight excluding hydrogens is 260 g/mol. The number of amides is 1. The molecule has 3 N–H and O–H groups in total. The number of rotatable bonds is 7. The second-order valence-corrected chi connectivity index (χ2v) is 4.41. The first-order chi connectivity index (χ1) is 9.49. The summed E-state index contributed by atoms with van der Waals surface area (Å²) in [5.41, 5.74) is 0.278. The number of aromatic carboxylic acids is 1. The van der Waals surface area contributed by atoms with E-state index in [1.807, 2.05) is 6.92 Å². The van der Waals surface area contributed by atoms with Crippen LogP contribution in [-0.2, 0) is 4.79 Å². The fraction of sp³-hybridized carbons (Fsp3) is 0.429. The Morgan fingerprint density at radius 3 is 2.65 bits per heavy atom. The highest BCUT2D eigenvalue weighted by molar-refractivity contribution is 6.01. The van der Waals surface area contributed by atoms with Crippen molar-refractivity contribution < 1.29 is 19.4 Å². The third-order valence-corrected chi connectivity index (χ3v) is 2.86. The molecular formula is C14H20N2O4. The monoisotopic (exact) mass is 280 g/mol. The largest absolute Gasteiger partial charge is 0.497 e. The molecule has 1 atom stereocenters. The van der Waals surface area contributed by atoms with Crippen LogP contribution in [0.15, 0.2) is 18.2 Å². The lowest BCUT2D eigenvalue weighted by Gasteiger charge is -2.14. The summed E-state index contributed by atoms with van der Waals surface area (Å²) in [6.07, 6.45) is 0. The zero-order valence-corrected chi connectivity index (χ0v) is 11.9. The standard InChI is InChI=1S/C14H20N2O4/c1-4-15-8-9(2)13(17)16-12-6-5-10(20-3)7-11(12)14(18)19/h5-7,9,15H,4,8H2,1-3H3,(H,16,17)(H,18,19). The second-order valence-electron chi connectivity index (χ2n) is 4.41. The summed E-state index contributed by atoms with van der Waals surface area (Å²) >= 11 is 0. The topological polar surface area (TPSA) is 87.7 Å². The molecule has 1 amide bonds. The normalized spacial score (nSPS) is 11.8. The van der Waals surface area contributed by atoms with Crippen molar-refractivity contribution in [3.05, 3.63) is 23.8 Å². The molecule has 0 heterocycles. The van der Waals surface area contributed by atoms with Crippen molar-refractivity contribution in [3.8, 4) is 5.75 Å². The van der Waals surface area contributed by atoms with E-state index in [2.05, 4.69) is 10.6 Å². The molecule has 0 aliphatic carbocycles. The Kier molecular flexibility index (Phi) is 5.99. The fourth-order valence-corrected chi connectivity index (χ4v) is 1.65. The Hall–Kier alpha value is -2.08. The van der Waals surface area contributed by atoms with Crippen LogP contribution in [0.1, 0.15) is 24.2 Å². The minimum absolute atomic E-state index is 0.00773. The smallest absolute Gasteiger partial charge is 0.337 e. The lowest BCUT2D eigenvalue weighted by atomic mass is 10.1. The van der Waals surface area contributed by atoms with Crippen molar-refractivity contribution in [1.82, 2.24) is 5.32 Å².